The molecule has 1 amide bonds. The van der Waals surface area contributed by atoms with Crippen LogP contribution in [-0.4, -0.2) is 47.6 Å². The molecule has 98 valence electrons. The van der Waals surface area contributed by atoms with E-state index in [1.807, 2.05) is 0 Å². The number of carbonyl (C=O) groups is 3. The van der Waals surface area contributed by atoms with Gasteiger partial charge < -0.3 is 15.2 Å². The smallest absolute Gasteiger partial charge is 0.327 e. The Morgan fingerprint density at radius 2 is 2.06 bits per heavy atom. The zero-order valence-electron chi connectivity index (χ0n) is 9.89. The van der Waals surface area contributed by atoms with Gasteiger partial charge in [0.1, 0.15) is 6.04 Å². The van der Waals surface area contributed by atoms with Crippen LogP contribution in [0.15, 0.2) is 0 Å². The highest BCUT2D eigenvalue weighted by Crippen LogP contribution is 2.07. The minimum Gasteiger partial charge on any atom is -0.480 e. The van der Waals surface area contributed by atoms with Crippen molar-refractivity contribution in [3.05, 3.63) is 0 Å². The van der Waals surface area contributed by atoms with Crippen LogP contribution < -0.4 is 5.32 Å². The lowest BCUT2D eigenvalue weighted by molar-refractivity contribution is -0.141. The number of methoxy groups -OCH3 is 1. The van der Waals surface area contributed by atoms with Gasteiger partial charge in [-0.25, -0.2) is 4.79 Å². The van der Waals surface area contributed by atoms with Gasteiger partial charge in [0, 0.05) is 19.1 Å². The summed E-state index contributed by atoms with van der Waals surface area (Å²) in [6, 6.07) is -0.879. The zero-order chi connectivity index (χ0) is 13.3. The van der Waals surface area contributed by atoms with Gasteiger partial charge in [0.05, 0.1) is 7.11 Å². The van der Waals surface area contributed by atoms with Crippen LogP contribution in [0.4, 0.5) is 0 Å². The second-order valence-electron chi connectivity index (χ2n) is 3.35. The van der Waals surface area contributed by atoms with Gasteiger partial charge in [0.25, 0.3) is 0 Å². The van der Waals surface area contributed by atoms with Gasteiger partial charge in [-0.2, -0.15) is 11.8 Å². The van der Waals surface area contributed by atoms with Crippen LogP contribution in [-0.2, 0) is 19.1 Å². The molecule has 0 aromatic carbocycles. The molecule has 0 aliphatic carbocycles. The van der Waals surface area contributed by atoms with E-state index in [1.54, 1.807) is 0 Å². The Kier molecular flexibility index (Phi) is 8.21. The monoisotopic (exact) mass is 263 g/mol. The molecule has 0 fully saturated rings. The van der Waals surface area contributed by atoms with E-state index in [0.29, 0.717) is 18.6 Å². The molecule has 6 nitrogen and oxygen atoms in total. The van der Waals surface area contributed by atoms with Crippen LogP contribution in [0.25, 0.3) is 0 Å². The molecule has 0 spiro atoms. The minimum absolute atomic E-state index is 0.276. The van der Waals surface area contributed by atoms with E-state index in [0.717, 1.165) is 0 Å². The SMILES string of the molecule is COC(=O)CCCSC[C@H](NC(C)=O)C(=O)O. The molecule has 0 saturated carbocycles. The Bertz CT molecular complexity index is 282. The van der Waals surface area contributed by atoms with Crippen molar-refractivity contribution in [3.63, 3.8) is 0 Å². The van der Waals surface area contributed by atoms with E-state index in [2.05, 4.69) is 10.1 Å². The maximum absolute atomic E-state index is 10.8. The van der Waals surface area contributed by atoms with E-state index in [9.17, 15) is 14.4 Å². The average molecular weight is 263 g/mol. The highest BCUT2D eigenvalue weighted by molar-refractivity contribution is 7.99. The normalized spacial score (nSPS) is 11.6. The topological polar surface area (TPSA) is 92.7 Å². The summed E-state index contributed by atoms with van der Waals surface area (Å²) >= 11 is 1.38. The summed E-state index contributed by atoms with van der Waals surface area (Å²) in [4.78, 5) is 32.3. The molecule has 2 N–H and O–H groups in total. The number of nitrogens with one attached hydrogen (secondary N) is 1. The molecule has 1 atom stereocenters. The van der Waals surface area contributed by atoms with E-state index in [1.165, 1.54) is 25.8 Å². The first kappa shape index (κ1) is 15.8. The van der Waals surface area contributed by atoms with Gasteiger partial charge in [-0.3, -0.25) is 9.59 Å². The fraction of sp³-hybridized carbons (Fsp3) is 0.700. The maximum Gasteiger partial charge on any atom is 0.327 e. The first-order chi connectivity index (χ1) is 7.97. The molecule has 0 bridgehead atoms. The molecule has 17 heavy (non-hydrogen) atoms. The fourth-order valence-corrected chi connectivity index (χ4v) is 2.02. The predicted molar refractivity (Wildman–Crippen MR) is 63.8 cm³/mol. The van der Waals surface area contributed by atoms with Crippen LogP contribution in [0.1, 0.15) is 19.8 Å². The van der Waals surface area contributed by atoms with Crippen LogP contribution >= 0.6 is 11.8 Å². The summed E-state index contributed by atoms with van der Waals surface area (Å²) in [6.07, 6.45) is 0.950. The molecule has 0 rings (SSSR count). The van der Waals surface area contributed by atoms with Crippen molar-refractivity contribution in [2.24, 2.45) is 0 Å². The van der Waals surface area contributed by atoms with Gasteiger partial charge in [-0.1, -0.05) is 0 Å². The molecule has 0 aliphatic rings. The third-order valence-electron chi connectivity index (χ3n) is 1.86. The Balaban J connectivity index is 3.72. The number of carboxylic acids is 1. The Morgan fingerprint density at radius 1 is 1.41 bits per heavy atom. The van der Waals surface area contributed by atoms with Gasteiger partial charge in [-0.05, 0) is 12.2 Å². The molecule has 7 heteroatoms. The van der Waals surface area contributed by atoms with E-state index < -0.39 is 12.0 Å². The second-order valence-corrected chi connectivity index (χ2v) is 4.50. The van der Waals surface area contributed by atoms with Crippen molar-refractivity contribution < 1.29 is 24.2 Å². The number of amides is 1. The number of rotatable bonds is 8. The lowest BCUT2D eigenvalue weighted by Gasteiger charge is -2.12. The molecular formula is C10H17NO5S. The van der Waals surface area contributed by atoms with Crippen LogP contribution in [0.5, 0.6) is 0 Å². The van der Waals surface area contributed by atoms with Crippen molar-refractivity contribution in [1.82, 2.24) is 5.32 Å². The van der Waals surface area contributed by atoms with Gasteiger partial charge in [0.15, 0.2) is 0 Å². The Hall–Kier alpha value is -1.24. The number of carbonyl (C=O) groups excluding carboxylic acids is 2. The quantitative estimate of drug-likeness (QED) is 0.482. The maximum atomic E-state index is 10.8. The van der Waals surface area contributed by atoms with Crippen molar-refractivity contribution in [2.45, 2.75) is 25.8 Å². The molecule has 0 radical (unpaired) electrons. The van der Waals surface area contributed by atoms with Gasteiger partial charge >= 0.3 is 11.9 Å². The number of aliphatic carboxylic acids is 1. The summed E-state index contributed by atoms with van der Waals surface area (Å²) in [6.45, 7) is 1.28. The Morgan fingerprint density at radius 3 is 2.53 bits per heavy atom. The summed E-state index contributed by atoms with van der Waals surface area (Å²) in [5.41, 5.74) is 0. The number of ether oxygens (including phenoxy) is 1. The zero-order valence-corrected chi connectivity index (χ0v) is 10.7. The van der Waals surface area contributed by atoms with Crippen molar-refractivity contribution in [2.75, 3.05) is 18.6 Å². The number of carboxylic acid groups (broad SMARTS) is 1. The molecule has 0 aromatic rings. The standard InChI is InChI=1S/C10H17NO5S/c1-7(12)11-8(10(14)15)6-17-5-3-4-9(13)16-2/h8H,3-6H2,1-2H3,(H,11,12)(H,14,15)/t8-/m0/s1. The van der Waals surface area contributed by atoms with Crippen LogP contribution in [0.2, 0.25) is 0 Å². The summed E-state index contributed by atoms with van der Waals surface area (Å²) in [7, 11) is 1.33. The molecule has 0 aliphatic heterocycles. The fourth-order valence-electron chi connectivity index (χ4n) is 1.04. The predicted octanol–water partition coefficient (Wildman–Crippen LogP) is 0.262. The molecule has 0 heterocycles. The van der Waals surface area contributed by atoms with E-state index in [-0.39, 0.29) is 17.6 Å². The van der Waals surface area contributed by atoms with Crippen molar-refractivity contribution in [3.8, 4) is 0 Å². The third-order valence-corrected chi connectivity index (χ3v) is 3.00. The number of esters is 1. The molecule has 0 unspecified atom stereocenters. The minimum atomic E-state index is -1.05. The highest BCUT2D eigenvalue weighted by Gasteiger charge is 2.17. The lowest BCUT2D eigenvalue weighted by Crippen LogP contribution is -2.41. The summed E-state index contributed by atoms with van der Waals surface area (Å²) < 4.78 is 4.47. The van der Waals surface area contributed by atoms with Crippen molar-refractivity contribution >= 4 is 29.6 Å². The highest BCUT2D eigenvalue weighted by atomic mass is 32.2. The molecule has 0 saturated heterocycles. The number of hydrogen-bond acceptors (Lipinski definition) is 5. The largest absolute Gasteiger partial charge is 0.480 e. The van der Waals surface area contributed by atoms with Gasteiger partial charge in [0.2, 0.25) is 5.91 Å². The second kappa shape index (κ2) is 8.86. The number of thioether (sulfide) groups is 1. The average Bonchev–Trinajstić information content (AvgIpc) is 2.25. The van der Waals surface area contributed by atoms with E-state index in [4.69, 9.17) is 5.11 Å². The van der Waals surface area contributed by atoms with Crippen LogP contribution in [0.3, 0.4) is 0 Å². The van der Waals surface area contributed by atoms with Crippen LogP contribution in [0, 0.1) is 0 Å². The molecular weight excluding hydrogens is 246 g/mol. The first-order valence-electron chi connectivity index (χ1n) is 5.11. The lowest BCUT2D eigenvalue weighted by atomic mass is 10.3. The van der Waals surface area contributed by atoms with Crippen molar-refractivity contribution in [1.29, 1.82) is 0 Å². The van der Waals surface area contributed by atoms with E-state index >= 15 is 0 Å². The summed E-state index contributed by atoms with van der Waals surface area (Å²) in [5, 5.41) is 11.1. The third kappa shape index (κ3) is 8.56. The first-order valence-corrected chi connectivity index (χ1v) is 6.27. The number of hydrogen-bond donors (Lipinski definition) is 2. The summed E-state index contributed by atoms with van der Waals surface area (Å²) in [5.74, 6) is -0.760. The van der Waals surface area contributed by atoms with Gasteiger partial charge in [-0.15, -0.1) is 0 Å². The Labute approximate surface area is 104 Å². The molecule has 0 aromatic heterocycles.